The minimum atomic E-state index is -0.287. The Balaban J connectivity index is 1.34. The number of nitrogens with one attached hydrogen (secondary N) is 1. The number of fused-ring (bicyclic) bond motifs is 7. The first-order chi connectivity index (χ1) is 19.7. The van der Waals surface area contributed by atoms with Crippen molar-refractivity contribution >= 4 is 29.5 Å². The summed E-state index contributed by atoms with van der Waals surface area (Å²) < 4.78 is 17.9. The van der Waals surface area contributed by atoms with Crippen LogP contribution in [0.25, 0.3) is 11.3 Å². The first-order valence-electron chi connectivity index (χ1n) is 13.2. The van der Waals surface area contributed by atoms with Crippen molar-refractivity contribution in [2.45, 2.75) is 19.5 Å². The van der Waals surface area contributed by atoms with Crippen LogP contribution in [0.15, 0.2) is 91.1 Å². The highest BCUT2D eigenvalue weighted by Crippen LogP contribution is 2.27. The number of rotatable bonds is 5. The molecule has 0 unspecified atom stereocenters. The van der Waals surface area contributed by atoms with Gasteiger partial charge in [-0.25, -0.2) is 15.2 Å². The number of ether oxygens (including phenoxy) is 3. The third-order valence-corrected chi connectivity index (χ3v) is 6.47. The van der Waals surface area contributed by atoms with Crippen LogP contribution in [0.5, 0.6) is 5.75 Å². The Morgan fingerprint density at radius 2 is 1.80 bits per heavy atom. The van der Waals surface area contributed by atoms with Crippen LogP contribution in [-0.2, 0) is 22.7 Å². The zero-order valence-electron chi connectivity index (χ0n) is 22.1. The van der Waals surface area contributed by atoms with Gasteiger partial charge in [-0.2, -0.15) is 0 Å². The number of benzene rings is 3. The average Bonchev–Trinajstić information content (AvgIpc) is 2.98. The lowest BCUT2D eigenvalue weighted by molar-refractivity contribution is 0.139. The zero-order valence-corrected chi connectivity index (χ0v) is 22.1. The number of hydrogen-bond acceptors (Lipinski definition) is 8. The summed E-state index contributed by atoms with van der Waals surface area (Å²) in [5.74, 6) is 3.56. The Bertz CT molecular complexity index is 1500. The van der Waals surface area contributed by atoms with E-state index in [0.717, 1.165) is 33.5 Å². The number of nitrogen functional groups attached to an aromatic ring is 1. The number of nitrogens with two attached hydrogens (primary N) is 1. The van der Waals surface area contributed by atoms with E-state index in [4.69, 9.17) is 24.9 Å². The van der Waals surface area contributed by atoms with Crippen LogP contribution in [0, 0.1) is 11.2 Å². The normalized spacial score (nSPS) is 14.1. The zero-order chi connectivity index (χ0) is 27.6. The molecule has 0 radical (unpaired) electrons. The lowest BCUT2D eigenvalue weighted by Gasteiger charge is -2.15. The van der Waals surface area contributed by atoms with Gasteiger partial charge in [0, 0.05) is 34.7 Å². The quantitative estimate of drug-likeness (QED) is 0.212. The summed E-state index contributed by atoms with van der Waals surface area (Å²) in [4.78, 5) is 9.13. The number of hydrogen-bond donors (Lipinski definition) is 2. The van der Waals surface area contributed by atoms with Gasteiger partial charge in [-0.05, 0) is 54.3 Å². The molecule has 1 aromatic heterocycles. The van der Waals surface area contributed by atoms with Crippen LogP contribution in [0.4, 0.5) is 17.3 Å². The molecule has 0 spiro atoms. The van der Waals surface area contributed by atoms with Crippen LogP contribution < -0.4 is 21.3 Å². The van der Waals surface area contributed by atoms with Crippen LogP contribution >= 0.6 is 0 Å². The predicted octanol–water partition coefficient (Wildman–Crippen LogP) is 4.92. The number of anilines is 3. The molecule has 8 nitrogen and oxygen atoms in total. The van der Waals surface area contributed by atoms with Crippen LogP contribution in [-0.4, -0.2) is 36.5 Å². The highest BCUT2D eigenvalue weighted by atomic mass is 16.5. The van der Waals surface area contributed by atoms with E-state index < -0.39 is 0 Å². The predicted molar refractivity (Wildman–Crippen MR) is 158 cm³/mol. The van der Waals surface area contributed by atoms with Gasteiger partial charge in [-0.15, -0.1) is 0 Å². The lowest BCUT2D eigenvalue weighted by Crippen LogP contribution is -2.30. The third kappa shape index (κ3) is 7.26. The molecule has 4 aromatic rings. The first kappa shape index (κ1) is 26.9. The SMILES string of the molecule is N#CB(CCOc1ccc2cc1COC/C=C/COCc1cccc(c1)-c1ccnc(n1)N2)c1ccc(N)cc1. The van der Waals surface area contributed by atoms with Crippen LogP contribution in [0.2, 0.25) is 6.32 Å². The molecule has 0 amide bonds. The van der Waals surface area contributed by atoms with Crippen molar-refractivity contribution in [3.8, 4) is 23.0 Å². The van der Waals surface area contributed by atoms with Crippen molar-refractivity contribution in [3.63, 3.8) is 0 Å². The van der Waals surface area contributed by atoms with Crippen molar-refractivity contribution in [2.24, 2.45) is 0 Å². The second-order valence-electron chi connectivity index (χ2n) is 9.40. The van der Waals surface area contributed by atoms with Gasteiger partial charge in [-0.3, -0.25) is 0 Å². The number of nitriles is 1. The molecule has 40 heavy (non-hydrogen) atoms. The summed E-state index contributed by atoms with van der Waals surface area (Å²) in [6.07, 6.45) is 6.19. The fourth-order valence-corrected chi connectivity index (χ4v) is 4.38. The highest BCUT2D eigenvalue weighted by Gasteiger charge is 2.17. The molecule has 200 valence electrons. The fourth-order valence-electron chi connectivity index (χ4n) is 4.38. The van der Waals surface area contributed by atoms with E-state index >= 15 is 0 Å². The molecule has 0 atom stereocenters. The minimum Gasteiger partial charge on any atom is -0.494 e. The van der Waals surface area contributed by atoms with Crippen molar-refractivity contribution in [3.05, 3.63) is 102 Å². The van der Waals surface area contributed by atoms with E-state index in [9.17, 15) is 5.26 Å². The Morgan fingerprint density at radius 3 is 2.62 bits per heavy atom. The summed E-state index contributed by atoms with van der Waals surface area (Å²) in [5, 5.41) is 13.0. The number of nitrogens with zero attached hydrogens (tertiary/aromatic N) is 3. The van der Waals surface area contributed by atoms with Gasteiger partial charge in [0.1, 0.15) is 5.75 Å². The molecule has 3 N–H and O–H groups in total. The van der Waals surface area contributed by atoms with Gasteiger partial charge in [-0.1, -0.05) is 47.9 Å². The molecule has 6 bridgehead atoms. The average molecular weight is 531 g/mol. The monoisotopic (exact) mass is 531 g/mol. The molecule has 2 heterocycles. The van der Waals surface area contributed by atoms with Crippen molar-refractivity contribution in [2.75, 3.05) is 30.9 Å². The standard InChI is InChI=1S/C31H30BN5O3/c33-22-32(26-6-8-27(34)9-7-26)13-17-40-30-11-10-28-19-25(30)21-39-16-2-1-15-38-20-23-4-3-5-24(18-23)29-12-14-35-31(36-28)37-29/h1-12,14,18-19H,13,15-17,20-21,34H2,(H,35,36,37)/b2-1+. The highest BCUT2D eigenvalue weighted by molar-refractivity contribution is 6.80. The molecule has 3 aromatic carbocycles. The Labute approximate surface area is 234 Å². The van der Waals surface area contributed by atoms with Crippen molar-refractivity contribution in [1.82, 2.24) is 9.97 Å². The van der Waals surface area contributed by atoms with Gasteiger partial charge in [0.05, 0.1) is 38.7 Å². The molecular formula is C31H30BN5O3. The summed E-state index contributed by atoms with van der Waals surface area (Å²) in [5.41, 5.74) is 12.0. The molecule has 9 heteroatoms. The Morgan fingerprint density at radius 1 is 0.975 bits per heavy atom. The first-order valence-corrected chi connectivity index (χ1v) is 13.2. The van der Waals surface area contributed by atoms with Gasteiger partial charge in [0.15, 0.2) is 0 Å². The van der Waals surface area contributed by atoms with Gasteiger partial charge in [0.25, 0.3) is 0 Å². The van der Waals surface area contributed by atoms with Gasteiger partial charge >= 0.3 is 6.71 Å². The largest absolute Gasteiger partial charge is 0.494 e. The fraction of sp³-hybridized carbons (Fsp3) is 0.194. The summed E-state index contributed by atoms with van der Waals surface area (Å²) >= 11 is 0. The lowest BCUT2D eigenvalue weighted by atomic mass is 9.44. The van der Waals surface area contributed by atoms with Crippen LogP contribution in [0.1, 0.15) is 11.1 Å². The molecule has 0 fully saturated rings. The maximum absolute atomic E-state index is 9.69. The van der Waals surface area contributed by atoms with E-state index in [2.05, 4.69) is 22.3 Å². The topological polar surface area (TPSA) is 115 Å². The van der Waals surface area contributed by atoms with Crippen LogP contribution in [0.3, 0.4) is 0 Å². The van der Waals surface area contributed by atoms with E-state index in [0.29, 0.717) is 56.7 Å². The maximum atomic E-state index is 9.69. The second kappa shape index (κ2) is 13.4. The minimum absolute atomic E-state index is 0.287. The molecule has 0 saturated carbocycles. The van der Waals surface area contributed by atoms with E-state index in [1.54, 1.807) is 6.20 Å². The van der Waals surface area contributed by atoms with Gasteiger partial charge in [0.2, 0.25) is 5.95 Å². The second-order valence-corrected chi connectivity index (χ2v) is 9.40. The summed E-state index contributed by atoms with van der Waals surface area (Å²) in [6, 6.07) is 23.2. The Hall–Kier alpha value is -4.65. The number of aromatic nitrogens is 2. The Kier molecular flexibility index (Phi) is 9.04. The molecule has 0 saturated heterocycles. The molecule has 0 aliphatic carbocycles. The van der Waals surface area contributed by atoms with Crippen molar-refractivity contribution < 1.29 is 14.2 Å². The van der Waals surface area contributed by atoms with Crippen molar-refractivity contribution in [1.29, 1.82) is 5.26 Å². The summed E-state index contributed by atoms with van der Waals surface area (Å²) in [6.45, 7) is 1.88. The molecular weight excluding hydrogens is 501 g/mol. The van der Waals surface area contributed by atoms with Gasteiger partial charge < -0.3 is 25.3 Å². The smallest absolute Gasteiger partial charge is 0.303 e. The van der Waals surface area contributed by atoms with E-state index in [1.165, 1.54) is 0 Å². The molecule has 5 rings (SSSR count). The third-order valence-electron chi connectivity index (χ3n) is 6.47. The molecule has 1 aliphatic rings. The van der Waals surface area contributed by atoms with E-state index in [1.807, 2.05) is 78.9 Å². The van der Waals surface area contributed by atoms with E-state index in [-0.39, 0.29) is 6.71 Å². The summed E-state index contributed by atoms with van der Waals surface area (Å²) in [7, 11) is 0. The maximum Gasteiger partial charge on any atom is 0.303 e. The molecule has 1 aliphatic heterocycles.